The molecule has 2 aromatic carbocycles. The molecule has 1 aliphatic rings. The van der Waals surface area contributed by atoms with Gasteiger partial charge in [-0.3, -0.25) is 23.7 Å². The van der Waals surface area contributed by atoms with Gasteiger partial charge < -0.3 is 5.73 Å². The third-order valence-electron chi connectivity index (χ3n) is 6.38. The SMILES string of the molecule is NC(=O)C1(C(=O)N(c2ccc(F)cc2)c2ccc(C(=O)c3cnc4cc(C(F)(F)F)ccn34)cc2)CC1. The van der Waals surface area contributed by atoms with Crippen LogP contribution in [-0.4, -0.2) is 27.0 Å². The molecule has 37 heavy (non-hydrogen) atoms. The van der Waals surface area contributed by atoms with Crippen LogP contribution in [0, 0.1) is 11.2 Å². The van der Waals surface area contributed by atoms with Crippen LogP contribution in [0.25, 0.3) is 5.65 Å². The van der Waals surface area contributed by atoms with E-state index < -0.39 is 40.6 Å². The number of hydrogen-bond donors (Lipinski definition) is 1. The first-order valence-electron chi connectivity index (χ1n) is 11.1. The number of carbonyl (C=O) groups excluding carboxylic acids is 3. The molecular weight excluding hydrogens is 492 g/mol. The van der Waals surface area contributed by atoms with Gasteiger partial charge in [0.15, 0.2) is 0 Å². The van der Waals surface area contributed by atoms with Crippen molar-refractivity contribution in [1.82, 2.24) is 9.38 Å². The third kappa shape index (κ3) is 4.22. The number of benzene rings is 2. The molecular formula is C26H18F4N4O3. The van der Waals surface area contributed by atoms with Crippen LogP contribution < -0.4 is 10.6 Å². The summed E-state index contributed by atoms with van der Waals surface area (Å²) >= 11 is 0. The minimum absolute atomic E-state index is 0.0379. The lowest BCUT2D eigenvalue weighted by Crippen LogP contribution is -2.41. The first-order chi connectivity index (χ1) is 17.5. The van der Waals surface area contributed by atoms with Crippen LogP contribution in [0.1, 0.15) is 34.5 Å². The third-order valence-corrected chi connectivity index (χ3v) is 6.38. The van der Waals surface area contributed by atoms with E-state index in [1.807, 2.05) is 0 Å². The van der Waals surface area contributed by atoms with Crippen LogP contribution >= 0.6 is 0 Å². The second-order valence-corrected chi connectivity index (χ2v) is 8.72. The Morgan fingerprint density at radius 3 is 2.08 bits per heavy atom. The van der Waals surface area contributed by atoms with Crippen LogP contribution in [-0.2, 0) is 15.8 Å². The molecule has 0 unspecified atom stereocenters. The summed E-state index contributed by atoms with van der Waals surface area (Å²) in [7, 11) is 0. The summed E-state index contributed by atoms with van der Waals surface area (Å²) in [6, 6.07) is 12.7. The van der Waals surface area contributed by atoms with Crippen LogP contribution in [0.3, 0.4) is 0 Å². The number of nitrogens with two attached hydrogens (primary N) is 1. The van der Waals surface area contributed by atoms with Crippen molar-refractivity contribution >= 4 is 34.6 Å². The van der Waals surface area contributed by atoms with Gasteiger partial charge in [0, 0.05) is 23.1 Å². The van der Waals surface area contributed by atoms with E-state index >= 15 is 0 Å². The van der Waals surface area contributed by atoms with E-state index in [1.165, 1.54) is 64.0 Å². The number of carbonyl (C=O) groups is 3. The van der Waals surface area contributed by atoms with Gasteiger partial charge in [-0.15, -0.1) is 0 Å². The van der Waals surface area contributed by atoms with Crippen molar-refractivity contribution < 1.29 is 31.9 Å². The normalized spacial score (nSPS) is 14.4. The van der Waals surface area contributed by atoms with Gasteiger partial charge in [-0.2, -0.15) is 13.2 Å². The van der Waals surface area contributed by atoms with E-state index in [9.17, 15) is 31.9 Å². The van der Waals surface area contributed by atoms with Gasteiger partial charge in [-0.05, 0) is 73.5 Å². The number of aromatic nitrogens is 2. The number of alkyl halides is 3. The van der Waals surface area contributed by atoms with Gasteiger partial charge in [0.1, 0.15) is 22.6 Å². The Morgan fingerprint density at radius 2 is 1.54 bits per heavy atom. The smallest absolute Gasteiger partial charge is 0.369 e. The molecule has 2 heterocycles. The van der Waals surface area contributed by atoms with Crippen molar-refractivity contribution in [2.24, 2.45) is 11.1 Å². The minimum atomic E-state index is -4.55. The molecule has 0 atom stereocenters. The highest BCUT2D eigenvalue weighted by Gasteiger charge is 2.57. The topological polar surface area (TPSA) is 97.8 Å². The molecule has 1 aliphatic carbocycles. The standard InChI is InChI=1S/C26H18F4N4O3/c27-17-3-7-19(8-4-17)34(24(37)25(10-11-25)23(31)36)18-5-1-15(2-6-18)22(35)20-14-32-21-13-16(26(28,29)30)9-12-33(20)21/h1-9,12-14H,10-11H2,(H2,31,36). The largest absolute Gasteiger partial charge is 0.416 e. The second kappa shape index (κ2) is 8.54. The Labute approximate surface area is 207 Å². The average molecular weight is 510 g/mol. The molecule has 1 fully saturated rings. The summed E-state index contributed by atoms with van der Waals surface area (Å²) in [5.41, 5.74) is 4.07. The summed E-state index contributed by atoms with van der Waals surface area (Å²) in [5, 5.41) is 0. The molecule has 4 aromatic rings. The van der Waals surface area contributed by atoms with Gasteiger partial charge in [-0.25, -0.2) is 9.37 Å². The van der Waals surface area contributed by atoms with Crippen molar-refractivity contribution in [2.75, 3.05) is 4.90 Å². The van der Waals surface area contributed by atoms with Crippen LogP contribution in [0.4, 0.5) is 28.9 Å². The molecule has 2 N–H and O–H groups in total. The number of ketones is 1. The summed E-state index contributed by atoms with van der Waals surface area (Å²) < 4.78 is 53.8. The van der Waals surface area contributed by atoms with E-state index in [2.05, 4.69) is 4.98 Å². The van der Waals surface area contributed by atoms with E-state index in [0.29, 0.717) is 24.2 Å². The molecule has 2 aromatic heterocycles. The maximum Gasteiger partial charge on any atom is 0.416 e. The van der Waals surface area contributed by atoms with E-state index in [-0.39, 0.29) is 16.9 Å². The molecule has 0 spiro atoms. The lowest BCUT2D eigenvalue weighted by molar-refractivity contribution is -0.137. The minimum Gasteiger partial charge on any atom is -0.369 e. The van der Waals surface area contributed by atoms with Gasteiger partial charge in [0.05, 0.1) is 11.8 Å². The van der Waals surface area contributed by atoms with E-state index in [0.717, 1.165) is 18.3 Å². The number of amides is 2. The molecule has 188 valence electrons. The summed E-state index contributed by atoms with van der Waals surface area (Å²) in [6.07, 6.45) is -1.65. The number of halogens is 4. The van der Waals surface area contributed by atoms with E-state index in [1.54, 1.807) is 0 Å². The predicted octanol–water partition coefficient (Wildman–Crippen LogP) is 4.65. The summed E-state index contributed by atoms with van der Waals surface area (Å²) in [4.78, 5) is 43.7. The van der Waals surface area contributed by atoms with Crippen molar-refractivity contribution in [2.45, 2.75) is 19.0 Å². The predicted molar refractivity (Wildman–Crippen MR) is 124 cm³/mol. The van der Waals surface area contributed by atoms with Crippen molar-refractivity contribution in [3.8, 4) is 0 Å². The molecule has 11 heteroatoms. The average Bonchev–Trinajstić information content (AvgIpc) is 3.58. The monoisotopic (exact) mass is 510 g/mol. The molecule has 5 rings (SSSR count). The van der Waals surface area contributed by atoms with Crippen LogP contribution in [0.2, 0.25) is 0 Å². The fourth-order valence-corrected chi connectivity index (χ4v) is 4.11. The molecule has 0 radical (unpaired) electrons. The fraction of sp³-hybridized carbons (Fsp3) is 0.154. The fourth-order valence-electron chi connectivity index (χ4n) is 4.11. The Bertz CT molecular complexity index is 1540. The molecule has 2 amide bonds. The lowest BCUT2D eigenvalue weighted by Gasteiger charge is -2.26. The maximum absolute atomic E-state index is 13.5. The second-order valence-electron chi connectivity index (χ2n) is 8.72. The number of pyridine rings is 1. The van der Waals surface area contributed by atoms with Gasteiger partial charge in [0.25, 0.3) is 0 Å². The van der Waals surface area contributed by atoms with Crippen molar-refractivity contribution in [1.29, 1.82) is 0 Å². The zero-order chi connectivity index (χ0) is 26.5. The summed E-state index contributed by atoms with van der Waals surface area (Å²) in [6.45, 7) is 0. The Hall–Kier alpha value is -4.54. The number of primary amides is 1. The zero-order valence-electron chi connectivity index (χ0n) is 19.0. The number of imidazole rings is 1. The zero-order valence-corrected chi connectivity index (χ0v) is 19.0. The maximum atomic E-state index is 13.5. The first kappa shape index (κ1) is 24.2. The number of hydrogen-bond acceptors (Lipinski definition) is 4. The van der Waals surface area contributed by atoms with Crippen molar-refractivity contribution in [3.63, 3.8) is 0 Å². The number of nitrogens with zero attached hydrogens (tertiary/aromatic N) is 3. The van der Waals surface area contributed by atoms with Gasteiger partial charge in [-0.1, -0.05) is 0 Å². The Morgan fingerprint density at radius 1 is 0.946 bits per heavy atom. The molecule has 0 bridgehead atoms. The quantitative estimate of drug-likeness (QED) is 0.232. The molecule has 7 nitrogen and oxygen atoms in total. The molecule has 1 saturated carbocycles. The van der Waals surface area contributed by atoms with E-state index in [4.69, 9.17) is 5.73 Å². The highest BCUT2D eigenvalue weighted by atomic mass is 19.4. The molecule has 0 saturated heterocycles. The number of anilines is 2. The Balaban J connectivity index is 1.48. The summed E-state index contributed by atoms with van der Waals surface area (Å²) in [5.74, 6) is -2.33. The number of fused-ring (bicyclic) bond motifs is 1. The number of rotatable bonds is 6. The van der Waals surface area contributed by atoms with Crippen LogP contribution in [0.15, 0.2) is 73.1 Å². The van der Waals surface area contributed by atoms with Crippen LogP contribution in [0.5, 0.6) is 0 Å². The van der Waals surface area contributed by atoms with Gasteiger partial charge in [0.2, 0.25) is 17.6 Å². The van der Waals surface area contributed by atoms with Gasteiger partial charge >= 0.3 is 6.18 Å². The Kier molecular flexibility index (Phi) is 5.58. The highest BCUT2D eigenvalue weighted by Crippen LogP contribution is 2.49. The first-order valence-corrected chi connectivity index (χ1v) is 11.1. The lowest BCUT2D eigenvalue weighted by atomic mass is 10.0. The molecule has 0 aliphatic heterocycles. The van der Waals surface area contributed by atoms with Crippen molar-refractivity contribution in [3.05, 3.63) is 95.7 Å². The highest BCUT2D eigenvalue weighted by molar-refractivity contribution is 6.16.